The first-order chi connectivity index (χ1) is 16.5. The lowest BCUT2D eigenvalue weighted by molar-refractivity contribution is -0.141. The van der Waals surface area contributed by atoms with Crippen molar-refractivity contribution in [2.75, 3.05) is 19.7 Å². The molecule has 1 heterocycles. The predicted octanol–water partition coefficient (Wildman–Crippen LogP) is 4.02. The summed E-state index contributed by atoms with van der Waals surface area (Å²) in [7, 11) is 0. The first-order valence-electron chi connectivity index (χ1n) is 12.2. The zero-order chi connectivity index (χ0) is 23.7. The molecule has 34 heavy (non-hydrogen) atoms. The Morgan fingerprint density at radius 3 is 2.24 bits per heavy atom. The lowest BCUT2D eigenvalue weighted by atomic mass is 9.83. The maximum atomic E-state index is 13.1. The number of carboxylic acid groups (broad SMARTS) is 1. The molecule has 0 aromatic heterocycles. The summed E-state index contributed by atoms with van der Waals surface area (Å²) < 4.78 is 5.69. The third kappa shape index (κ3) is 4.27. The van der Waals surface area contributed by atoms with Crippen molar-refractivity contribution < 1.29 is 24.2 Å². The standard InChI is InChI=1S/C27H30N2O5/c30-25(29-14-13-17(15-29)26(31)32)22-11-5-6-12-24(22)28-27(33)34-16-23-20-9-3-1-7-18(20)19-8-2-4-10-21(19)23/h1-4,7-10,17,22-24H,5-6,11-16H2,(H,28,33)(H,31,32)/t17?,22-,24+/m1/s1. The van der Waals surface area contributed by atoms with Gasteiger partial charge < -0.3 is 20.1 Å². The van der Waals surface area contributed by atoms with Crippen molar-refractivity contribution in [3.63, 3.8) is 0 Å². The minimum absolute atomic E-state index is 0.0144. The lowest BCUT2D eigenvalue weighted by Crippen LogP contribution is -2.49. The fraction of sp³-hybridized carbons (Fsp3) is 0.444. The van der Waals surface area contributed by atoms with Crippen LogP contribution in [0.2, 0.25) is 0 Å². The molecule has 1 unspecified atom stereocenters. The second-order valence-corrected chi connectivity index (χ2v) is 9.58. The highest BCUT2D eigenvalue weighted by Crippen LogP contribution is 2.44. The highest BCUT2D eigenvalue weighted by Gasteiger charge is 2.39. The van der Waals surface area contributed by atoms with Crippen LogP contribution in [0.1, 0.15) is 49.1 Å². The number of nitrogens with zero attached hydrogens (tertiary/aromatic N) is 1. The molecule has 3 aliphatic rings. The Morgan fingerprint density at radius 1 is 0.941 bits per heavy atom. The Morgan fingerprint density at radius 2 is 1.59 bits per heavy atom. The van der Waals surface area contributed by atoms with Gasteiger partial charge >= 0.3 is 12.1 Å². The molecule has 7 heteroatoms. The molecule has 2 N–H and O–H groups in total. The number of benzene rings is 2. The molecule has 0 spiro atoms. The summed E-state index contributed by atoms with van der Waals surface area (Å²) in [6, 6.07) is 16.1. The summed E-state index contributed by atoms with van der Waals surface area (Å²) in [5, 5.41) is 12.2. The van der Waals surface area contributed by atoms with Gasteiger partial charge in [0.15, 0.2) is 0 Å². The van der Waals surface area contributed by atoms with E-state index in [1.807, 2.05) is 24.3 Å². The van der Waals surface area contributed by atoms with Crippen molar-refractivity contribution >= 4 is 18.0 Å². The van der Waals surface area contributed by atoms with Gasteiger partial charge in [0.2, 0.25) is 5.91 Å². The largest absolute Gasteiger partial charge is 0.481 e. The van der Waals surface area contributed by atoms with E-state index in [0.717, 1.165) is 30.4 Å². The Kier molecular flexibility index (Phi) is 6.26. The maximum absolute atomic E-state index is 13.1. The first kappa shape index (κ1) is 22.4. The summed E-state index contributed by atoms with van der Waals surface area (Å²) in [6.07, 6.45) is 3.26. The molecule has 7 nitrogen and oxygen atoms in total. The number of carbonyl (C=O) groups excluding carboxylic acids is 2. The van der Waals surface area contributed by atoms with Gasteiger partial charge in [-0.05, 0) is 41.5 Å². The molecule has 0 radical (unpaired) electrons. The summed E-state index contributed by atoms with van der Waals surface area (Å²) >= 11 is 0. The molecule has 0 bridgehead atoms. The van der Waals surface area contributed by atoms with Crippen LogP contribution >= 0.6 is 0 Å². The molecule has 2 aliphatic carbocycles. The highest BCUT2D eigenvalue weighted by atomic mass is 16.5. The van der Waals surface area contributed by atoms with Gasteiger partial charge in [0, 0.05) is 25.0 Å². The smallest absolute Gasteiger partial charge is 0.407 e. The summed E-state index contributed by atoms with van der Waals surface area (Å²) in [5.41, 5.74) is 4.67. The van der Waals surface area contributed by atoms with E-state index in [0.29, 0.717) is 19.4 Å². The molecule has 1 aliphatic heterocycles. The number of rotatable bonds is 5. The fourth-order valence-corrected chi connectivity index (χ4v) is 5.79. The Bertz CT molecular complexity index is 1050. The van der Waals surface area contributed by atoms with E-state index in [-0.39, 0.29) is 36.9 Å². The first-order valence-corrected chi connectivity index (χ1v) is 12.2. The molecule has 1 saturated carbocycles. The number of carboxylic acids is 1. The van der Waals surface area contributed by atoms with Crippen LogP contribution in [0.25, 0.3) is 11.1 Å². The quantitative estimate of drug-likeness (QED) is 0.700. The van der Waals surface area contributed by atoms with Crippen LogP contribution < -0.4 is 5.32 Å². The minimum atomic E-state index is -0.854. The zero-order valence-electron chi connectivity index (χ0n) is 19.1. The molecule has 2 aromatic carbocycles. The van der Waals surface area contributed by atoms with Crippen molar-refractivity contribution in [3.8, 4) is 11.1 Å². The number of ether oxygens (including phenoxy) is 1. The SMILES string of the molecule is O=C(N[C@H]1CCCC[C@H]1C(=O)N1CCC(C(=O)O)C1)OCC1c2ccccc2-c2ccccc21. The van der Waals surface area contributed by atoms with E-state index in [1.54, 1.807) is 4.90 Å². The van der Waals surface area contributed by atoms with E-state index in [2.05, 4.69) is 29.6 Å². The van der Waals surface area contributed by atoms with Gasteiger partial charge in [0.1, 0.15) is 6.61 Å². The number of carbonyl (C=O) groups is 3. The number of amides is 2. The summed E-state index contributed by atoms with van der Waals surface area (Å²) in [4.78, 5) is 38.9. The van der Waals surface area contributed by atoms with Crippen LogP contribution in [-0.2, 0) is 14.3 Å². The van der Waals surface area contributed by atoms with E-state index < -0.39 is 18.0 Å². The number of likely N-dealkylation sites (tertiary alicyclic amines) is 1. The van der Waals surface area contributed by atoms with Crippen molar-refractivity contribution in [2.45, 2.75) is 44.1 Å². The Labute approximate surface area is 199 Å². The predicted molar refractivity (Wildman–Crippen MR) is 126 cm³/mol. The maximum Gasteiger partial charge on any atom is 0.407 e. The fourth-order valence-electron chi connectivity index (χ4n) is 5.79. The second-order valence-electron chi connectivity index (χ2n) is 9.58. The number of fused-ring (bicyclic) bond motifs is 3. The Balaban J connectivity index is 1.22. The van der Waals surface area contributed by atoms with Gasteiger partial charge in [-0.2, -0.15) is 0 Å². The number of alkyl carbamates (subject to hydrolysis) is 1. The number of hydrogen-bond donors (Lipinski definition) is 2. The topological polar surface area (TPSA) is 95.9 Å². The van der Waals surface area contributed by atoms with Gasteiger partial charge in [0.25, 0.3) is 0 Å². The molecule has 5 rings (SSSR count). The zero-order valence-corrected chi connectivity index (χ0v) is 19.1. The van der Waals surface area contributed by atoms with Gasteiger partial charge in [0.05, 0.1) is 11.8 Å². The van der Waals surface area contributed by atoms with Crippen molar-refractivity contribution in [1.82, 2.24) is 10.2 Å². The monoisotopic (exact) mass is 462 g/mol. The number of nitrogens with one attached hydrogen (secondary N) is 1. The average molecular weight is 463 g/mol. The van der Waals surface area contributed by atoms with Gasteiger partial charge in [-0.25, -0.2) is 4.79 Å². The average Bonchev–Trinajstić information content (AvgIpc) is 3.47. The molecular weight excluding hydrogens is 432 g/mol. The van der Waals surface area contributed by atoms with E-state index in [9.17, 15) is 19.5 Å². The molecule has 3 atom stereocenters. The minimum Gasteiger partial charge on any atom is -0.481 e. The van der Waals surface area contributed by atoms with Gasteiger partial charge in [-0.15, -0.1) is 0 Å². The second kappa shape index (κ2) is 9.49. The van der Waals surface area contributed by atoms with Crippen LogP contribution in [0.15, 0.2) is 48.5 Å². The van der Waals surface area contributed by atoms with Crippen molar-refractivity contribution in [2.24, 2.45) is 11.8 Å². The molecular formula is C27H30N2O5. The third-order valence-corrected chi connectivity index (χ3v) is 7.58. The number of aliphatic carboxylic acids is 1. The van der Waals surface area contributed by atoms with Crippen LogP contribution in [-0.4, -0.2) is 53.7 Å². The third-order valence-electron chi connectivity index (χ3n) is 7.58. The number of hydrogen-bond acceptors (Lipinski definition) is 4. The molecule has 178 valence electrons. The highest BCUT2D eigenvalue weighted by molar-refractivity contribution is 5.82. The van der Waals surface area contributed by atoms with Crippen LogP contribution in [0.4, 0.5) is 4.79 Å². The summed E-state index contributed by atoms with van der Waals surface area (Å²) in [6.45, 7) is 0.948. The van der Waals surface area contributed by atoms with E-state index in [1.165, 1.54) is 11.1 Å². The van der Waals surface area contributed by atoms with Crippen LogP contribution in [0.5, 0.6) is 0 Å². The lowest BCUT2D eigenvalue weighted by Gasteiger charge is -2.33. The molecule has 2 fully saturated rings. The molecule has 1 saturated heterocycles. The van der Waals surface area contributed by atoms with Crippen LogP contribution in [0, 0.1) is 11.8 Å². The van der Waals surface area contributed by atoms with Gasteiger partial charge in [-0.3, -0.25) is 9.59 Å². The van der Waals surface area contributed by atoms with E-state index in [4.69, 9.17) is 4.74 Å². The molecule has 2 aromatic rings. The van der Waals surface area contributed by atoms with E-state index >= 15 is 0 Å². The Hall–Kier alpha value is -3.35. The van der Waals surface area contributed by atoms with Crippen molar-refractivity contribution in [3.05, 3.63) is 59.7 Å². The molecule has 2 amide bonds. The van der Waals surface area contributed by atoms with Crippen LogP contribution in [0.3, 0.4) is 0 Å². The van der Waals surface area contributed by atoms with Crippen molar-refractivity contribution in [1.29, 1.82) is 0 Å². The van der Waals surface area contributed by atoms with Gasteiger partial charge in [-0.1, -0.05) is 61.4 Å². The normalized spacial score (nSPS) is 23.8. The summed E-state index contributed by atoms with van der Waals surface area (Å²) in [5.74, 6) is -1.75.